The van der Waals surface area contributed by atoms with E-state index >= 15 is 0 Å². The Morgan fingerprint density at radius 1 is 0.842 bits per heavy atom. The molecular formula is C32H45BrN2O2S. The molecule has 0 spiro atoms. The molecule has 4 nitrogen and oxygen atoms in total. The molecule has 0 aliphatic heterocycles. The molecule has 1 aromatic heterocycles. The van der Waals surface area contributed by atoms with E-state index in [4.69, 9.17) is 4.74 Å². The number of hydrogen-bond acceptors (Lipinski definition) is 3. The van der Waals surface area contributed by atoms with Crippen molar-refractivity contribution in [3.8, 4) is 5.75 Å². The van der Waals surface area contributed by atoms with Crippen LogP contribution in [0.1, 0.15) is 106 Å². The van der Waals surface area contributed by atoms with E-state index in [0.29, 0.717) is 5.56 Å². The molecule has 1 heterocycles. The van der Waals surface area contributed by atoms with Gasteiger partial charge >= 0.3 is 0 Å². The van der Waals surface area contributed by atoms with Gasteiger partial charge in [0.25, 0.3) is 5.91 Å². The van der Waals surface area contributed by atoms with Gasteiger partial charge in [0.05, 0.1) is 17.7 Å². The van der Waals surface area contributed by atoms with Crippen molar-refractivity contribution in [3.05, 3.63) is 76.2 Å². The molecule has 0 saturated heterocycles. The Bertz CT molecular complexity index is 1050. The van der Waals surface area contributed by atoms with E-state index < -0.39 is 0 Å². The van der Waals surface area contributed by atoms with Crippen molar-refractivity contribution < 1.29 is 31.1 Å². The molecule has 0 atom stereocenters. The first-order chi connectivity index (χ1) is 18.2. The standard InChI is InChI=1S/C32H44N2O2S.BrH/c1-3-4-5-6-7-8-9-10-11-12-13-16-23-36-30-21-19-28(20-22-30)32(35)33-31-18-15-14-17-29(31)24-34-26-37-25-27(34)2;/h14-15,17-22,25-26H,3-13,16,23-24H2,1-2H3;1H. The summed E-state index contributed by atoms with van der Waals surface area (Å²) in [6.45, 7) is 5.84. The van der Waals surface area contributed by atoms with Gasteiger partial charge in [0, 0.05) is 18.1 Å². The van der Waals surface area contributed by atoms with Crippen molar-refractivity contribution in [1.82, 2.24) is 0 Å². The second-order valence-electron chi connectivity index (χ2n) is 10.0. The van der Waals surface area contributed by atoms with Crippen molar-refractivity contribution in [2.24, 2.45) is 0 Å². The van der Waals surface area contributed by atoms with Gasteiger partial charge in [0.2, 0.25) is 5.51 Å². The fourth-order valence-corrected chi connectivity index (χ4v) is 5.29. The zero-order valence-corrected chi connectivity index (χ0v) is 25.6. The number of amides is 1. The number of ether oxygens (including phenoxy) is 1. The Hall–Kier alpha value is -2.18. The van der Waals surface area contributed by atoms with Crippen LogP contribution in [0.4, 0.5) is 5.69 Å². The monoisotopic (exact) mass is 600 g/mol. The molecule has 0 unspecified atom stereocenters. The number of thiazole rings is 1. The Kier molecular flexibility index (Phi) is 16.0. The number of para-hydroxylation sites is 1. The lowest BCUT2D eigenvalue weighted by Gasteiger charge is -2.10. The molecule has 0 bridgehead atoms. The predicted octanol–water partition coefficient (Wildman–Crippen LogP) is 5.73. The number of halogens is 1. The number of carbonyl (C=O) groups is 1. The van der Waals surface area contributed by atoms with Crippen LogP contribution in [0.15, 0.2) is 59.4 Å². The van der Waals surface area contributed by atoms with Crippen LogP contribution in [-0.2, 0) is 6.54 Å². The van der Waals surface area contributed by atoms with Crippen LogP contribution in [0.2, 0.25) is 0 Å². The molecule has 208 valence electrons. The van der Waals surface area contributed by atoms with Gasteiger partial charge in [-0.3, -0.25) is 4.79 Å². The van der Waals surface area contributed by atoms with E-state index in [2.05, 4.69) is 40.7 Å². The van der Waals surface area contributed by atoms with E-state index in [1.807, 2.05) is 42.5 Å². The second-order valence-corrected chi connectivity index (χ2v) is 10.7. The van der Waals surface area contributed by atoms with Gasteiger partial charge in [-0.15, -0.1) is 0 Å². The highest BCUT2D eigenvalue weighted by Gasteiger charge is 2.14. The Morgan fingerprint density at radius 3 is 2.05 bits per heavy atom. The van der Waals surface area contributed by atoms with Crippen molar-refractivity contribution in [2.75, 3.05) is 11.9 Å². The van der Waals surface area contributed by atoms with Crippen molar-refractivity contribution in [3.63, 3.8) is 0 Å². The lowest BCUT2D eigenvalue weighted by atomic mass is 10.1. The molecular weight excluding hydrogens is 556 g/mol. The Balaban J connectivity index is 0.00000507. The summed E-state index contributed by atoms with van der Waals surface area (Å²) in [5.41, 5.74) is 5.88. The lowest BCUT2D eigenvalue weighted by molar-refractivity contribution is -0.689. The number of anilines is 1. The molecule has 0 fully saturated rings. The quantitative estimate of drug-likeness (QED) is 0.150. The van der Waals surface area contributed by atoms with Gasteiger partial charge < -0.3 is 27.0 Å². The molecule has 0 aliphatic carbocycles. The molecule has 1 N–H and O–H groups in total. The molecule has 2 aromatic carbocycles. The highest BCUT2D eigenvalue weighted by atomic mass is 79.9. The number of benzene rings is 2. The number of aromatic nitrogens is 1. The minimum Gasteiger partial charge on any atom is -1.00 e. The average molecular weight is 602 g/mol. The molecule has 0 aliphatic rings. The number of unbranched alkanes of at least 4 members (excludes halogenated alkanes) is 11. The third-order valence-corrected chi connectivity index (χ3v) is 7.72. The van der Waals surface area contributed by atoms with Crippen molar-refractivity contribution >= 4 is 22.9 Å². The fourth-order valence-electron chi connectivity index (χ4n) is 4.51. The Morgan fingerprint density at radius 2 is 1.45 bits per heavy atom. The summed E-state index contributed by atoms with van der Waals surface area (Å²) in [4.78, 5) is 12.9. The van der Waals surface area contributed by atoms with E-state index in [1.54, 1.807) is 11.3 Å². The van der Waals surface area contributed by atoms with Crippen LogP contribution in [0.25, 0.3) is 0 Å². The van der Waals surface area contributed by atoms with E-state index in [0.717, 1.165) is 36.6 Å². The molecule has 0 radical (unpaired) electrons. The maximum Gasteiger partial charge on any atom is 0.255 e. The number of hydrogen-bond donors (Lipinski definition) is 1. The molecule has 3 rings (SSSR count). The number of aryl methyl sites for hydroxylation is 1. The van der Waals surface area contributed by atoms with Crippen LogP contribution < -0.4 is 31.6 Å². The van der Waals surface area contributed by atoms with Crippen LogP contribution in [0.5, 0.6) is 5.75 Å². The number of nitrogens with one attached hydrogen (secondary N) is 1. The summed E-state index contributed by atoms with van der Waals surface area (Å²) < 4.78 is 8.10. The third-order valence-electron chi connectivity index (χ3n) is 6.87. The van der Waals surface area contributed by atoms with Crippen molar-refractivity contribution in [2.45, 2.75) is 97.4 Å². The summed E-state index contributed by atoms with van der Waals surface area (Å²) in [7, 11) is 0. The number of rotatable bonds is 18. The van der Waals surface area contributed by atoms with Crippen LogP contribution in [0, 0.1) is 6.92 Å². The minimum absolute atomic E-state index is 0. The normalized spacial score (nSPS) is 10.7. The molecule has 38 heavy (non-hydrogen) atoms. The van der Waals surface area contributed by atoms with Crippen LogP contribution >= 0.6 is 11.3 Å². The van der Waals surface area contributed by atoms with Gasteiger partial charge in [-0.05, 0) is 36.8 Å². The largest absolute Gasteiger partial charge is 1.00 e. The number of nitrogens with zero attached hydrogens (tertiary/aromatic N) is 1. The van der Waals surface area contributed by atoms with Gasteiger partial charge in [0.1, 0.15) is 5.75 Å². The van der Waals surface area contributed by atoms with Gasteiger partial charge in [-0.1, -0.05) is 107 Å². The molecule has 1 amide bonds. The summed E-state index contributed by atoms with van der Waals surface area (Å²) in [6.07, 6.45) is 16.1. The number of carbonyl (C=O) groups excluding carboxylic acids is 1. The van der Waals surface area contributed by atoms with Gasteiger partial charge in [-0.2, -0.15) is 4.57 Å². The first-order valence-electron chi connectivity index (χ1n) is 14.2. The molecule has 3 aromatic rings. The molecule has 0 saturated carbocycles. The fraction of sp³-hybridized carbons (Fsp3) is 0.500. The highest BCUT2D eigenvalue weighted by Crippen LogP contribution is 2.19. The summed E-state index contributed by atoms with van der Waals surface area (Å²) in [5.74, 6) is 0.719. The van der Waals surface area contributed by atoms with Crippen LogP contribution in [-0.4, -0.2) is 12.5 Å². The summed E-state index contributed by atoms with van der Waals surface area (Å²) in [6, 6.07) is 15.5. The zero-order chi connectivity index (χ0) is 26.1. The van der Waals surface area contributed by atoms with Gasteiger partial charge in [0.15, 0.2) is 12.2 Å². The van der Waals surface area contributed by atoms with Crippen LogP contribution in [0.3, 0.4) is 0 Å². The van der Waals surface area contributed by atoms with Crippen molar-refractivity contribution in [1.29, 1.82) is 0 Å². The topological polar surface area (TPSA) is 42.2 Å². The first-order valence-corrected chi connectivity index (χ1v) is 15.2. The predicted molar refractivity (Wildman–Crippen MR) is 156 cm³/mol. The zero-order valence-electron chi connectivity index (χ0n) is 23.2. The SMILES string of the molecule is CCCCCCCCCCCCCCOc1ccc(C(=O)Nc2ccccc2C[n+]2cscc2C)cc1.[Br-]. The summed E-state index contributed by atoms with van der Waals surface area (Å²) in [5, 5.41) is 5.21. The lowest BCUT2D eigenvalue weighted by Crippen LogP contribution is -3.00. The summed E-state index contributed by atoms with van der Waals surface area (Å²) >= 11 is 1.68. The third kappa shape index (κ3) is 11.7. The second kappa shape index (κ2) is 19.0. The van der Waals surface area contributed by atoms with E-state index in [-0.39, 0.29) is 22.9 Å². The average Bonchev–Trinajstić information content (AvgIpc) is 3.32. The van der Waals surface area contributed by atoms with E-state index in [9.17, 15) is 4.79 Å². The maximum absolute atomic E-state index is 12.9. The first kappa shape index (κ1) is 32.0. The molecule has 6 heteroatoms. The minimum atomic E-state index is -0.105. The van der Waals surface area contributed by atoms with Gasteiger partial charge in [-0.25, -0.2) is 0 Å². The smallest absolute Gasteiger partial charge is 0.255 e. The Labute approximate surface area is 244 Å². The maximum atomic E-state index is 12.9. The highest BCUT2D eigenvalue weighted by molar-refractivity contribution is 7.07. The van der Waals surface area contributed by atoms with E-state index in [1.165, 1.54) is 76.3 Å².